The predicted octanol–water partition coefficient (Wildman–Crippen LogP) is 3.58. The SMILES string of the molecule is CCNC(c1ccccc1Cl)C1(OCC)CCOCC1. The van der Waals surface area contributed by atoms with E-state index in [1.165, 1.54) is 0 Å². The highest BCUT2D eigenvalue weighted by molar-refractivity contribution is 6.31. The third-order valence-corrected chi connectivity index (χ3v) is 4.27. The van der Waals surface area contributed by atoms with Gasteiger partial charge in [-0.05, 0) is 25.1 Å². The van der Waals surface area contributed by atoms with Crippen molar-refractivity contribution >= 4 is 11.6 Å². The van der Waals surface area contributed by atoms with Crippen LogP contribution in [0.2, 0.25) is 5.02 Å². The minimum Gasteiger partial charge on any atom is -0.381 e. The molecule has 0 amide bonds. The summed E-state index contributed by atoms with van der Waals surface area (Å²) in [6, 6.07) is 8.13. The van der Waals surface area contributed by atoms with Crippen LogP contribution in [0.3, 0.4) is 0 Å². The lowest BCUT2D eigenvalue weighted by atomic mass is 9.82. The smallest absolute Gasteiger partial charge is 0.0920 e. The van der Waals surface area contributed by atoms with E-state index in [0.717, 1.165) is 43.2 Å². The lowest BCUT2D eigenvalue weighted by molar-refractivity contribution is -0.127. The van der Waals surface area contributed by atoms with Crippen molar-refractivity contribution in [3.05, 3.63) is 34.9 Å². The summed E-state index contributed by atoms with van der Waals surface area (Å²) in [7, 11) is 0. The quantitative estimate of drug-likeness (QED) is 0.870. The van der Waals surface area contributed by atoms with Crippen LogP contribution in [-0.4, -0.2) is 32.0 Å². The average Bonchev–Trinajstić information content (AvgIpc) is 2.47. The van der Waals surface area contributed by atoms with E-state index in [0.29, 0.717) is 6.61 Å². The standard InChI is InChI=1S/C16H24ClNO2/c1-3-18-15(13-7-5-6-8-14(13)17)16(20-4-2)9-11-19-12-10-16/h5-8,15,18H,3-4,9-12H2,1-2H3. The molecule has 1 aromatic rings. The van der Waals surface area contributed by atoms with Crippen LogP contribution in [0.25, 0.3) is 0 Å². The molecule has 4 heteroatoms. The Balaban J connectivity index is 2.36. The summed E-state index contributed by atoms with van der Waals surface area (Å²) in [6.07, 6.45) is 1.79. The summed E-state index contributed by atoms with van der Waals surface area (Å²) in [5.41, 5.74) is 0.889. The summed E-state index contributed by atoms with van der Waals surface area (Å²) in [5.74, 6) is 0. The molecule has 1 unspecified atom stereocenters. The second-order valence-electron chi connectivity index (χ2n) is 5.12. The Labute approximate surface area is 126 Å². The third kappa shape index (κ3) is 3.34. The van der Waals surface area contributed by atoms with Gasteiger partial charge in [0.2, 0.25) is 0 Å². The van der Waals surface area contributed by atoms with Crippen molar-refractivity contribution < 1.29 is 9.47 Å². The molecule has 0 spiro atoms. The Morgan fingerprint density at radius 3 is 2.60 bits per heavy atom. The van der Waals surface area contributed by atoms with E-state index in [-0.39, 0.29) is 11.6 Å². The molecule has 0 radical (unpaired) electrons. The molecular formula is C16H24ClNO2. The van der Waals surface area contributed by atoms with Gasteiger partial charge in [-0.2, -0.15) is 0 Å². The van der Waals surface area contributed by atoms with Gasteiger partial charge in [0.15, 0.2) is 0 Å². The Morgan fingerprint density at radius 1 is 1.30 bits per heavy atom. The van der Waals surface area contributed by atoms with E-state index < -0.39 is 0 Å². The zero-order valence-electron chi connectivity index (χ0n) is 12.3. The van der Waals surface area contributed by atoms with Crippen LogP contribution in [0.4, 0.5) is 0 Å². The molecule has 0 bridgehead atoms. The Kier molecular flexibility index (Phi) is 5.85. The molecule has 3 nitrogen and oxygen atoms in total. The Morgan fingerprint density at radius 2 is 2.00 bits per heavy atom. The molecule has 1 aliphatic rings. The number of rotatable bonds is 6. The van der Waals surface area contributed by atoms with Gasteiger partial charge in [-0.3, -0.25) is 0 Å². The molecule has 1 fully saturated rings. The first-order valence-electron chi connectivity index (χ1n) is 7.43. The number of ether oxygens (including phenoxy) is 2. The van der Waals surface area contributed by atoms with Gasteiger partial charge in [0.25, 0.3) is 0 Å². The van der Waals surface area contributed by atoms with Crippen molar-refractivity contribution in [3.8, 4) is 0 Å². The number of hydrogen-bond donors (Lipinski definition) is 1. The predicted molar refractivity (Wildman–Crippen MR) is 82.3 cm³/mol. The van der Waals surface area contributed by atoms with Gasteiger partial charge in [-0.25, -0.2) is 0 Å². The highest BCUT2D eigenvalue weighted by atomic mass is 35.5. The van der Waals surface area contributed by atoms with Crippen LogP contribution < -0.4 is 5.32 Å². The maximum atomic E-state index is 6.41. The van der Waals surface area contributed by atoms with Crippen LogP contribution in [0.15, 0.2) is 24.3 Å². The van der Waals surface area contributed by atoms with Gasteiger partial charge < -0.3 is 14.8 Å². The largest absolute Gasteiger partial charge is 0.381 e. The van der Waals surface area contributed by atoms with E-state index >= 15 is 0 Å². The lowest BCUT2D eigenvalue weighted by Crippen LogP contribution is -2.50. The summed E-state index contributed by atoms with van der Waals surface area (Å²) in [5, 5.41) is 4.37. The van der Waals surface area contributed by atoms with Crippen molar-refractivity contribution in [1.29, 1.82) is 0 Å². The Bertz CT molecular complexity index is 413. The van der Waals surface area contributed by atoms with Crippen LogP contribution >= 0.6 is 11.6 Å². The number of nitrogens with one attached hydrogen (secondary N) is 1. The maximum Gasteiger partial charge on any atom is 0.0920 e. The first-order valence-corrected chi connectivity index (χ1v) is 7.81. The number of benzene rings is 1. The van der Waals surface area contributed by atoms with Crippen molar-refractivity contribution in [2.45, 2.75) is 38.3 Å². The maximum absolute atomic E-state index is 6.41. The molecule has 1 aliphatic heterocycles. The molecule has 1 heterocycles. The molecule has 1 N–H and O–H groups in total. The second-order valence-corrected chi connectivity index (χ2v) is 5.53. The average molecular weight is 298 g/mol. The van der Waals surface area contributed by atoms with Crippen molar-refractivity contribution in [1.82, 2.24) is 5.32 Å². The highest BCUT2D eigenvalue weighted by Gasteiger charge is 2.42. The minimum atomic E-state index is -0.228. The lowest BCUT2D eigenvalue weighted by Gasteiger charge is -2.44. The fourth-order valence-corrected chi connectivity index (χ4v) is 3.26. The monoisotopic (exact) mass is 297 g/mol. The molecule has 0 aromatic heterocycles. The normalized spacial score (nSPS) is 19.8. The number of likely N-dealkylation sites (N-methyl/N-ethyl adjacent to an activating group) is 1. The molecule has 1 atom stereocenters. The van der Waals surface area contributed by atoms with Crippen molar-refractivity contribution in [3.63, 3.8) is 0 Å². The third-order valence-electron chi connectivity index (χ3n) is 3.92. The Hall–Kier alpha value is -0.610. The fourth-order valence-electron chi connectivity index (χ4n) is 3.01. The van der Waals surface area contributed by atoms with Crippen LogP contribution in [-0.2, 0) is 9.47 Å². The topological polar surface area (TPSA) is 30.5 Å². The van der Waals surface area contributed by atoms with Crippen LogP contribution in [0.5, 0.6) is 0 Å². The molecule has 112 valence electrons. The molecule has 0 saturated carbocycles. The van der Waals surface area contributed by atoms with E-state index in [1.54, 1.807) is 0 Å². The molecular weight excluding hydrogens is 274 g/mol. The van der Waals surface area contributed by atoms with E-state index in [9.17, 15) is 0 Å². The summed E-state index contributed by atoms with van der Waals surface area (Å²) in [6.45, 7) is 7.23. The van der Waals surface area contributed by atoms with E-state index in [2.05, 4.69) is 18.3 Å². The van der Waals surface area contributed by atoms with Gasteiger partial charge in [0.1, 0.15) is 0 Å². The molecule has 20 heavy (non-hydrogen) atoms. The number of hydrogen-bond acceptors (Lipinski definition) is 3. The summed E-state index contributed by atoms with van der Waals surface area (Å²) >= 11 is 6.41. The summed E-state index contributed by atoms with van der Waals surface area (Å²) < 4.78 is 11.7. The minimum absolute atomic E-state index is 0.102. The van der Waals surface area contributed by atoms with Crippen molar-refractivity contribution in [2.75, 3.05) is 26.4 Å². The zero-order chi connectivity index (χ0) is 14.4. The molecule has 1 saturated heterocycles. The van der Waals surface area contributed by atoms with Crippen molar-refractivity contribution in [2.24, 2.45) is 0 Å². The number of halogens is 1. The van der Waals surface area contributed by atoms with Crippen LogP contribution in [0, 0.1) is 0 Å². The van der Waals surface area contributed by atoms with E-state index in [4.69, 9.17) is 21.1 Å². The second kappa shape index (κ2) is 7.41. The first kappa shape index (κ1) is 15.8. The fraction of sp³-hybridized carbons (Fsp3) is 0.625. The molecule has 1 aromatic carbocycles. The van der Waals surface area contributed by atoms with E-state index in [1.807, 2.05) is 25.1 Å². The zero-order valence-corrected chi connectivity index (χ0v) is 13.1. The highest BCUT2D eigenvalue weighted by Crippen LogP contribution is 2.40. The van der Waals surface area contributed by atoms with Gasteiger partial charge in [0, 0.05) is 37.7 Å². The van der Waals surface area contributed by atoms with Gasteiger partial charge in [0.05, 0.1) is 11.6 Å². The summed E-state index contributed by atoms with van der Waals surface area (Å²) in [4.78, 5) is 0. The molecule has 2 rings (SSSR count). The van der Waals surface area contributed by atoms with Gasteiger partial charge in [-0.1, -0.05) is 36.7 Å². The first-order chi connectivity index (χ1) is 9.73. The van der Waals surface area contributed by atoms with Crippen LogP contribution in [0.1, 0.15) is 38.3 Å². The van der Waals surface area contributed by atoms with Gasteiger partial charge in [-0.15, -0.1) is 0 Å². The molecule has 0 aliphatic carbocycles. The van der Waals surface area contributed by atoms with Gasteiger partial charge >= 0.3 is 0 Å².